The van der Waals surface area contributed by atoms with Gasteiger partial charge in [0.2, 0.25) is 17.7 Å². The van der Waals surface area contributed by atoms with Crippen molar-refractivity contribution in [1.29, 1.82) is 0 Å². The van der Waals surface area contributed by atoms with Crippen LogP contribution in [0.2, 0.25) is 0 Å². The van der Waals surface area contributed by atoms with Crippen molar-refractivity contribution in [3.63, 3.8) is 0 Å². The number of rotatable bonds is 10. The molecule has 0 aliphatic carbocycles. The van der Waals surface area contributed by atoms with Crippen LogP contribution in [-0.2, 0) is 34.0 Å². The minimum absolute atomic E-state index is 0.0541. The molecule has 0 bridgehead atoms. The summed E-state index contributed by atoms with van der Waals surface area (Å²) in [7, 11) is 0. The first-order chi connectivity index (χ1) is 20.1. The van der Waals surface area contributed by atoms with E-state index in [0.717, 1.165) is 24.1 Å². The molecule has 2 aromatic carbocycles. The Balaban J connectivity index is 1.66. The van der Waals surface area contributed by atoms with E-state index in [1.807, 2.05) is 44.2 Å². The Hall–Kier alpha value is -4.58. The summed E-state index contributed by atoms with van der Waals surface area (Å²) in [5.74, 6) is -3.46. The van der Waals surface area contributed by atoms with Crippen LogP contribution < -0.4 is 21.0 Å². The van der Waals surface area contributed by atoms with Crippen molar-refractivity contribution in [1.82, 2.24) is 20.3 Å². The molecule has 10 nitrogen and oxygen atoms in total. The number of benzene rings is 2. The molecule has 0 fully saturated rings. The molecule has 42 heavy (non-hydrogen) atoms. The standard InChI is InChI=1S/C30H32F2N4O6/c1-18(2)35(17-37)13-23-15-41-16-25-27(30(40)34-33-26(38)11-21-9-10-22(31)12-24(21)32)28(39)29(19(3)36(23)25)42-14-20-7-5-4-6-8-20/h4-10,12,17-18,23H,11,13-16H2,1-3H3,(H,33,38)(H,34,40). The largest absolute Gasteiger partial charge is 0.483 e. The van der Waals surface area contributed by atoms with Gasteiger partial charge in [-0.2, -0.15) is 0 Å². The molecule has 1 aliphatic rings. The van der Waals surface area contributed by atoms with Gasteiger partial charge in [-0.25, -0.2) is 8.78 Å². The van der Waals surface area contributed by atoms with Crippen LogP contribution in [0.3, 0.4) is 0 Å². The van der Waals surface area contributed by atoms with E-state index in [4.69, 9.17) is 9.47 Å². The number of hydrogen-bond acceptors (Lipinski definition) is 6. The van der Waals surface area contributed by atoms with Crippen LogP contribution in [0.15, 0.2) is 53.3 Å². The Kier molecular flexibility index (Phi) is 9.68. The Labute approximate surface area is 241 Å². The lowest BCUT2D eigenvalue weighted by molar-refractivity contribution is -0.121. The van der Waals surface area contributed by atoms with Crippen molar-refractivity contribution in [3.05, 3.63) is 98.5 Å². The molecule has 12 heteroatoms. The number of ether oxygens (including phenoxy) is 2. The molecule has 0 saturated carbocycles. The molecule has 1 aromatic heterocycles. The highest BCUT2D eigenvalue weighted by atomic mass is 19.1. The second kappa shape index (κ2) is 13.4. The Bertz CT molecular complexity index is 1530. The fourth-order valence-electron chi connectivity index (χ4n) is 4.80. The molecule has 0 spiro atoms. The lowest BCUT2D eigenvalue weighted by atomic mass is 10.1. The predicted molar refractivity (Wildman–Crippen MR) is 148 cm³/mol. The molecular weight excluding hydrogens is 550 g/mol. The number of pyridine rings is 1. The van der Waals surface area contributed by atoms with Gasteiger partial charge in [-0.05, 0) is 38.0 Å². The zero-order valence-electron chi connectivity index (χ0n) is 23.5. The van der Waals surface area contributed by atoms with Gasteiger partial charge in [0, 0.05) is 18.7 Å². The van der Waals surface area contributed by atoms with Gasteiger partial charge in [0.05, 0.1) is 37.1 Å². The molecule has 2 N–H and O–H groups in total. The van der Waals surface area contributed by atoms with Crippen LogP contribution in [0.4, 0.5) is 8.78 Å². The fraction of sp³-hybridized carbons (Fsp3) is 0.333. The first kappa shape index (κ1) is 30.4. The third kappa shape index (κ3) is 6.82. The monoisotopic (exact) mass is 582 g/mol. The maximum atomic E-state index is 14.0. The number of aromatic nitrogens is 1. The van der Waals surface area contributed by atoms with Gasteiger partial charge < -0.3 is 18.9 Å². The Morgan fingerprint density at radius 3 is 2.57 bits per heavy atom. The quantitative estimate of drug-likeness (QED) is 0.280. The van der Waals surface area contributed by atoms with Crippen LogP contribution in [0.1, 0.15) is 52.8 Å². The van der Waals surface area contributed by atoms with Crippen molar-refractivity contribution in [2.75, 3.05) is 13.2 Å². The lowest BCUT2D eigenvalue weighted by Gasteiger charge is -2.36. The molecule has 0 saturated heterocycles. The third-order valence-electron chi connectivity index (χ3n) is 6.97. The van der Waals surface area contributed by atoms with E-state index in [1.54, 1.807) is 16.4 Å². The Morgan fingerprint density at radius 1 is 1.17 bits per heavy atom. The lowest BCUT2D eigenvalue weighted by Crippen LogP contribution is -2.46. The summed E-state index contributed by atoms with van der Waals surface area (Å²) in [6.07, 6.45) is 0.251. The van der Waals surface area contributed by atoms with Crippen LogP contribution in [-0.4, -0.2) is 46.9 Å². The van der Waals surface area contributed by atoms with E-state index in [0.29, 0.717) is 11.8 Å². The van der Waals surface area contributed by atoms with Gasteiger partial charge in [-0.15, -0.1) is 0 Å². The highest BCUT2D eigenvalue weighted by Crippen LogP contribution is 2.29. The van der Waals surface area contributed by atoms with Crippen molar-refractivity contribution in [2.45, 2.75) is 52.5 Å². The average molecular weight is 583 g/mol. The van der Waals surface area contributed by atoms with Gasteiger partial charge in [-0.3, -0.25) is 30.0 Å². The summed E-state index contributed by atoms with van der Waals surface area (Å²) < 4.78 is 40.7. The zero-order chi connectivity index (χ0) is 30.4. The number of halogens is 2. The highest BCUT2D eigenvalue weighted by Gasteiger charge is 2.32. The summed E-state index contributed by atoms with van der Waals surface area (Å²) in [5, 5.41) is 0. The summed E-state index contributed by atoms with van der Waals surface area (Å²) >= 11 is 0. The van der Waals surface area contributed by atoms with Gasteiger partial charge in [0.15, 0.2) is 5.75 Å². The van der Waals surface area contributed by atoms with Crippen LogP contribution in [0.5, 0.6) is 5.75 Å². The summed E-state index contributed by atoms with van der Waals surface area (Å²) in [4.78, 5) is 52.9. The minimum Gasteiger partial charge on any atom is -0.483 e. The van der Waals surface area contributed by atoms with Crippen molar-refractivity contribution >= 4 is 18.2 Å². The summed E-state index contributed by atoms with van der Waals surface area (Å²) in [6, 6.07) is 11.4. The third-order valence-corrected chi connectivity index (χ3v) is 6.97. The smallest absolute Gasteiger partial charge is 0.275 e. The van der Waals surface area contributed by atoms with E-state index in [9.17, 15) is 28.0 Å². The number of carbonyl (C=O) groups is 3. The number of hydrazine groups is 1. The number of amides is 3. The van der Waals surface area contributed by atoms with E-state index in [2.05, 4.69) is 10.9 Å². The second-order valence-corrected chi connectivity index (χ2v) is 10.2. The van der Waals surface area contributed by atoms with E-state index >= 15 is 0 Å². The molecule has 3 amide bonds. The van der Waals surface area contributed by atoms with E-state index in [1.165, 1.54) is 0 Å². The molecule has 3 aromatic rings. The number of hydrogen-bond donors (Lipinski definition) is 2. The highest BCUT2D eigenvalue weighted by molar-refractivity contribution is 5.97. The molecule has 4 rings (SSSR count). The molecule has 2 heterocycles. The number of nitrogens with one attached hydrogen (secondary N) is 2. The summed E-state index contributed by atoms with van der Waals surface area (Å²) in [5.41, 5.74) is 4.84. The molecule has 1 aliphatic heterocycles. The second-order valence-electron chi connectivity index (χ2n) is 10.2. The summed E-state index contributed by atoms with van der Waals surface area (Å²) in [6.45, 7) is 5.88. The first-order valence-electron chi connectivity index (χ1n) is 13.4. The zero-order valence-corrected chi connectivity index (χ0v) is 23.5. The normalized spacial score (nSPS) is 14.2. The number of fused-ring (bicyclic) bond motifs is 1. The van der Waals surface area contributed by atoms with Gasteiger partial charge in [0.25, 0.3) is 5.91 Å². The number of carbonyl (C=O) groups excluding carboxylic acids is 3. The average Bonchev–Trinajstić information content (AvgIpc) is 2.96. The van der Waals surface area contributed by atoms with E-state index in [-0.39, 0.29) is 55.0 Å². The topological polar surface area (TPSA) is 119 Å². The molecule has 1 atom stereocenters. The number of nitrogens with zero attached hydrogens (tertiary/aromatic N) is 2. The fourth-order valence-corrected chi connectivity index (χ4v) is 4.80. The van der Waals surface area contributed by atoms with Crippen molar-refractivity contribution in [3.8, 4) is 5.75 Å². The maximum Gasteiger partial charge on any atom is 0.275 e. The predicted octanol–water partition coefficient (Wildman–Crippen LogP) is 2.96. The molecule has 0 radical (unpaired) electrons. The van der Waals surface area contributed by atoms with E-state index < -0.39 is 41.3 Å². The van der Waals surface area contributed by atoms with Crippen LogP contribution >= 0.6 is 0 Å². The molecule has 1 unspecified atom stereocenters. The van der Waals surface area contributed by atoms with Crippen molar-refractivity contribution in [2.24, 2.45) is 0 Å². The van der Waals surface area contributed by atoms with Gasteiger partial charge in [0.1, 0.15) is 23.8 Å². The SMILES string of the molecule is Cc1c(OCc2ccccc2)c(=O)c(C(=O)NNC(=O)Cc2ccc(F)cc2F)c2n1C(CN(C=O)C(C)C)COC2. The van der Waals surface area contributed by atoms with Crippen LogP contribution in [0.25, 0.3) is 0 Å². The van der Waals surface area contributed by atoms with Gasteiger partial charge in [-0.1, -0.05) is 36.4 Å². The van der Waals surface area contributed by atoms with Gasteiger partial charge >= 0.3 is 0 Å². The Morgan fingerprint density at radius 2 is 1.90 bits per heavy atom. The molecule has 222 valence electrons. The first-order valence-corrected chi connectivity index (χ1v) is 13.4. The minimum atomic E-state index is -0.929. The van der Waals surface area contributed by atoms with Crippen LogP contribution in [0, 0.1) is 18.6 Å². The maximum absolute atomic E-state index is 14.0. The van der Waals surface area contributed by atoms with Crippen molar-refractivity contribution < 1.29 is 32.6 Å². The molecular formula is C30H32F2N4O6.